The Morgan fingerprint density at radius 1 is 1.30 bits per heavy atom. The second-order valence-electron chi connectivity index (χ2n) is 5.19. The molecule has 0 fully saturated rings. The maximum atomic E-state index is 12.2. The highest BCUT2D eigenvalue weighted by atomic mass is 32.1. The third kappa shape index (κ3) is 3.78. The van der Waals surface area contributed by atoms with Gasteiger partial charge in [0.05, 0.1) is 23.5 Å². The van der Waals surface area contributed by atoms with Gasteiger partial charge < -0.3 is 14.6 Å². The van der Waals surface area contributed by atoms with Gasteiger partial charge in [0.15, 0.2) is 0 Å². The minimum absolute atomic E-state index is 0.182. The van der Waals surface area contributed by atoms with E-state index in [4.69, 9.17) is 4.42 Å². The number of benzene rings is 1. The molecule has 1 aromatic carbocycles. The summed E-state index contributed by atoms with van der Waals surface area (Å²) in [6.07, 6.45) is 1.60. The van der Waals surface area contributed by atoms with Crippen molar-refractivity contribution in [2.75, 3.05) is 12.4 Å². The van der Waals surface area contributed by atoms with Crippen LogP contribution in [-0.4, -0.2) is 23.0 Å². The van der Waals surface area contributed by atoms with Crippen molar-refractivity contribution in [1.29, 1.82) is 0 Å². The number of nitrogens with zero attached hydrogens (tertiary/aromatic N) is 2. The molecule has 0 bridgehead atoms. The highest BCUT2D eigenvalue weighted by molar-refractivity contribution is 7.09. The van der Waals surface area contributed by atoms with Crippen molar-refractivity contribution in [2.24, 2.45) is 0 Å². The number of thiazole rings is 1. The fourth-order valence-electron chi connectivity index (χ4n) is 2.15. The van der Waals surface area contributed by atoms with E-state index >= 15 is 0 Å². The summed E-state index contributed by atoms with van der Waals surface area (Å²) in [5, 5.41) is 5.93. The number of carbonyl (C=O) groups is 1. The normalized spacial score (nSPS) is 10.5. The van der Waals surface area contributed by atoms with Gasteiger partial charge >= 0.3 is 6.03 Å². The molecular formula is C17H17N3O2S. The number of hydrogen-bond acceptors (Lipinski definition) is 4. The number of rotatable bonds is 4. The van der Waals surface area contributed by atoms with Gasteiger partial charge in [0, 0.05) is 23.7 Å². The summed E-state index contributed by atoms with van der Waals surface area (Å²) < 4.78 is 5.24. The van der Waals surface area contributed by atoms with Crippen molar-refractivity contribution < 1.29 is 9.21 Å². The molecule has 5 nitrogen and oxygen atoms in total. The summed E-state index contributed by atoms with van der Waals surface area (Å²) in [5.74, 6) is 0.747. The first-order valence-corrected chi connectivity index (χ1v) is 8.07. The molecule has 118 valence electrons. The molecule has 0 unspecified atom stereocenters. The molecule has 1 N–H and O–H groups in total. The van der Waals surface area contributed by atoms with Crippen LogP contribution in [0.5, 0.6) is 0 Å². The summed E-state index contributed by atoms with van der Waals surface area (Å²) in [7, 11) is 1.73. The molecule has 0 aliphatic heterocycles. The standard InChI is InChI=1S/C17H17N3O2S/c1-12-18-16(11-23-12)13-5-7-14(8-6-13)19-17(21)20(2)10-15-4-3-9-22-15/h3-9,11H,10H2,1-2H3,(H,19,21). The van der Waals surface area contributed by atoms with Crippen molar-refractivity contribution in [2.45, 2.75) is 13.5 Å². The Labute approximate surface area is 138 Å². The Hall–Kier alpha value is -2.60. The zero-order valence-corrected chi connectivity index (χ0v) is 13.8. The molecule has 0 aliphatic carbocycles. The molecule has 2 heterocycles. The molecule has 3 aromatic rings. The van der Waals surface area contributed by atoms with Crippen LogP contribution in [-0.2, 0) is 6.54 Å². The molecule has 0 aliphatic rings. The second-order valence-corrected chi connectivity index (χ2v) is 6.26. The lowest BCUT2D eigenvalue weighted by atomic mass is 10.1. The van der Waals surface area contributed by atoms with Gasteiger partial charge in [-0.15, -0.1) is 11.3 Å². The van der Waals surface area contributed by atoms with E-state index in [1.807, 2.05) is 42.6 Å². The van der Waals surface area contributed by atoms with Crippen molar-refractivity contribution in [3.05, 3.63) is 58.8 Å². The average molecular weight is 327 g/mol. The highest BCUT2D eigenvalue weighted by Gasteiger charge is 2.11. The van der Waals surface area contributed by atoms with E-state index in [-0.39, 0.29) is 6.03 Å². The van der Waals surface area contributed by atoms with Crippen LogP contribution in [0.3, 0.4) is 0 Å². The van der Waals surface area contributed by atoms with Crippen LogP contribution in [0, 0.1) is 6.92 Å². The summed E-state index contributed by atoms with van der Waals surface area (Å²) in [5.41, 5.74) is 2.74. The molecular weight excluding hydrogens is 310 g/mol. The van der Waals surface area contributed by atoms with E-state index in [2.05, 4.69) is 10.3 Å². The van der Waals surface area contributed by atoms with Gasteiger partial charge in [0.25, 0.3) is 0 Å². The number of aryl methyl sites for hydroxylation is 1. The molecule has 6 heteroatoms. The van der Waals surface area contributed by atoms with Crippen LogP contribution in [0.2, 0.25) is 0 Å². The number of anilines is 1. The Balaban J connectivity index is 1.62. The molecule has 2 aromatic heterocycles. The molecule has 3 rings (SSSR count). The maximum absolute atomic E-state index is 12.2. The molecule has 23 heavy (non-hydrogen) atoms. The Bertz CT molecular complexity index is 779. The Morgan fingerprint density at radius 3 is 2.70 bits per heavy atom. The topological polar surface area (TPSA) is 58.4 Å². The monoisotopic (exact) mass is 327 g/mol. The van der Waals surface area contributed by atoms with Crippen LogP contribution in [0.15, 0.2) is 52.5 Å². The van der Waals surface area contributed by atoms with E-state index in [0.29, 0.717) is 6.54 Å². The molecule has 0 atom stereocenters. The molecule has 0 radical (unpaired) electrons. The largest absolute Gasteiger partial charge is 0.467 e. The van der Waals surface area contributed by atoms with Gasteiger partial charge in [-0.05, 0) is 31.2 Å². The van der Waals surface area contributed by atoms with Gasteiger partial charge in [-0.25, -0.2) is 9.78 Å². The van der Waals surface area contributed by atoms with Gasteiger partial charge in [-0.1, -0.05) is 12.1 Å². The van der Waals surface area contributed by atoms with Crippen LogP contribution >= 0.6 is 11.3 Å². The van der Waals surface area contributed by atoms with Gasteiger partial charge in [-0.3, -0.25) is 0 Å². The van der Waals surface area contributed by atoms with Crippen molar-refractivity contribution in [3.8, 4) is 11.3 Å². The predicted molar refractivity (Wildman–Crippen MR) is 91.5 cm³/mol. The first kappa shape index (κ1) is 15.3. The van der Waals surface area contributed by atoms with E-state index in [9.17, 15) is 4.79 Å². The molecule has 0 saturated carbocycles. The van der Waals surface area contributed by atoms with Crippen LogP contribution < -0.4 is 5.32 Å². The predicted octanol–water partition coefficient (Wildman–Crippen LogP) is 4.38. The highest BCUT2D eigenvalue weighted by Crippen LogP contribution is 2.23. The van der Waals surface area contributed by atoms with Crippen molar-refractivity contribution >= 4 is 23.1 Å². The summed E-state index contributed by atoms with van der Waals surface area (Å²) in [6, 6.07) is 11.1. The van der Waals surface area contributed by atoms with Crippen LogP contribution in [0.4, 0.5) is 10.5 Å². The summed E-state index contributed by atoms with van der Waals surface area (Å²) >= 11 is 1.62. The molecule has 0 spiro atoms. The summed E-state index contributed by atoms with van der Waals surface area (Å²) in [6.45, 7) is 2.41. The zero-order valence-electron chi connectivity index (χ0n) is 12.9. The van der Waals surface area contributed by atoms with E-state index in [1.165, 1.54) is 0 Å². The zero-order chi connectivity index (χ0) is 16.2. The minimum atomic E-state index is -0.182. The van der Waals surface area contributed by atoms with Crippen LogP contribution in [0.1, 0.15) is 10.8 Å². The van der Waals surface area contributed by atoms with Gasteiger partial charge in [-0.2, -0.15) is 0 Å². The number of nitrogens with one attached hydrogen (secondary N) is 1. The number of furan rings is 1. The van der Waals surface area contributed by atoms with E-state index < -0.39 is 0 Å². The lowest BCUT2D eigenvalue weighted by Gasteiger charge is -2.16. The van der Waals surface area contributed by atoms with Crippen molar-refractivity contribution in [3.63, 3.8) is 0 Å². The number of urea groups is 1. The van der Waals surface area contributed by atoms with E-state index in [0.717, 1.165) is 27.7 Å². The second kappa shape index (κ2) is 6.66. The lowest BCUT2D eigenvalue weighted by molar-refractivity contribution is 0.217. The fourth-order valence-corrected chi connectivity index (χ4v) is 2.77. The third-order valence-corrected chi connectivity index (χ3v) is 4.14. The number of carbonyl (C=O) groups excluding carboxylic acids is 1. The van der Waals surface area contributed by atoms with E-state index in [1.54, 1.807) is 35.6 Å². The van der Waals surface area contributed by atoms with Gasteiger partial charge in [0.2, 0.25) is 0 Å². The SMILES string of the molecule is Cc1nc(-c2ccc(NC(=O)N(C)Cc3ccco3)cc2)cs1. The smallest absolute Gasteiger partial charge is 0.321 e. The van der Waals surface area contributed by atoms with Gasteiger partial charge in [0.1, 0.15) is 5.76 Å². The van der Waals surface area contributed by atoms with Crippen molar-refractivity contribution in [1.82, 2.24) is 9.88 Å². The fraction of sp³-hybridized carbons (Fsp3) is 0.176. The first-order chi connectivity index (χ1) is 11.1. The Morgan fingerprint density at radius 2 is 2.09 bits per heavy atom. The maximum Gasteiger partial charge on any atom is 0.321 e. The Kier molecular flexibility index (Phi) is 4.43. The minimum Gasteiger partial charge on any atom is -0.467 e. The first-order valence-electron chi connectivity index (χ1n) is 7.19. The lowest BCUT2D eigenvalue weighted by Crippen LogP contribution is -2.30. The number of aromatic nitrogens is 1. The molecule has 0 saturated heterocycles. The number of hydrogen-bond donors (Lipinski definition) is 1. The third-order valence-electron chi connectivity index (χ3n) is 3.37. The quantitative estimate of drug-likeness (QED) is 0.774. The van der Waals surface area contributed by atoms with Crippen LogP contribution in [0.25, 0.3) is 11.3 Å². The average Bonchev–Trinajstić information content (AvgIpc) is 3.19. The number of amides is 2. The summed E-state index contributed by atoms with van der Waals surface area (Å²) in [4.78, 5) is 18.2. The molecule has 2 amide bonds.